The third kappa shape index (κ3) is 2.81. The largest absolute Gasteiger partial charge is 0.479 e. The van der Waals surface area contributed by atoms with Crippen molar-refractivity contribution in [2.45, 2.75) is 32.8 Å². The van der Waals surface area contributed by atoms with Crippen molar-refractivity contribution in [3.8, 4) is 0 Å². The standard InChI is InChI=1S/C12H22N2O4/c1-8(2)12(4-5-13-7-12)9(15)14-6-11(3,18)10(16)17/h8,13,18H,4-7H2,1-3H3,(H,14,15)(H,16,17). The molecule has 2 unspecified atom stereocenters. The highest BCUT2D eigenvalue weighted by Crippen LogP contribution is 2.34. The molecule has 2 atom stereocenters. The van der Waals surface area contributed by atoms with Crippen molar-refractivity contribution in [2.24, 2.45) is 11.3 Å². The number of carbonyl (C=O) groups excluding carboxylic acids is 1. The number of carbonyl (C=O) groups is 2. The third-order valence-corrected chi connectivity index (χ3v) is 3.80. The predicted octanol–water partition coefficient (Wildman–Crippen LogP) is -0.426. The molecule has 1 aliphatic heterocycles. The Morgan fingerprint density at radius 2 is 2.11 bits per heavy atom. The Kier molecular flexibility index (Phi) is 4.34. The molecule has 104 valence electrons. The molecule has 0 saturated carbocycles. The third-order valence-electron chi connectivity index (χ3n) is 3.80. The van der Waals surface area contributed by atoms with Crippen LogP contribution in [0.5, 0.6) is 0 Å². The van der Waals surface area contributed by atoms with Crippen LogP contribution < -0.4 is 10.6 Å². The molecule has 0 aliphatic carbocycles. The maximum atomic E-state index is 12.2. The highest BCUT2D eigenvalue weighted by atomic mass is 16.4. The minimum absolute atomic E-state index is 0.155. The van der Waals surface area contributed by atoms with Crippen LogP contribution in [0.3, 0.4) is 0 Å². The molecule has 18 heavy (non-hydrogen) atoms. The van der Waals surface area contributed by atoms with Crippen LogP contribution in [-0.2, 0) is 9.59 Å². The second-order valence-electron chi connectivity index (χ2n) is 5.50. The first-order valence-corrected chi connectivity index (χ1v) is 6.17. The smallest absolute Gasteiger partial charge is 0.337 e. The lowest BCUT2D eigenvalue weighted by atomic mass is 9.75. The van der Waals surface area contributed by atoms with E-state index in [1.165, 1.54) is 6.92 Å². The normalized spacial score (nSPS) is 26.9. The van der Waals surface area contributed by atoms with Crippen LogP contribution >= 0.6 is 0 Å². The average Bonchev–Trinajstić information content (AvgIpc) is 2.76. The van der Waals surface area contributed by atoms with Gasteiger partial charge < -0.3 is 20.8 Å². The van der Waals surface area contributed by atoms with E-state index in [0.717, 1.165) is 13.0 Å². The van der Waals surface area contributed by atoms with Crippen molar-refractivity contribution in [3.05, 3.63) is 0 Å². The van der Waals surface area contributed by atoms with E-state index < -0.39 is 17.0 Å². The van der Waals surface area contributed by atoms with Crippen LogP contribution in [0.25, 0.3) is 0 Å². The first kappa shape index (κ1) is 14.9. The predicted molar refractivity (Wildman–Crippen MR) is 66.0 cm³/mol. The Morgan fingerprint density at radius 3 is 2.50 bits per heavy atom. The summed E-state index contributed by atoms with van der Waals surface area (Å²) < 4.78 is 0. The second kappa shape index (κ2) is 5.24. The van der Waals surface area contributed by atoms with Crippen LogP contribution in [-0.4, -0.2) is 47.3 Å². The lowest BCUT2D eigenvalue weighted by Gasteiger charge is -2.32. The van der Waals surface area contributed by atoms with E-state index in [0.29, 0.717) is 6.54 Å². The molecule has 1 amide bonds. The number of nitrogens with one attached hydrogen (secondary N) is 2. The van der Waals surface area contributed by atoms with Gasteiger partial charge in [-0.3, -0.25) is 4.79 Å². The molecule has 4 N–H and O–H groups in total. The van der Waals surface area contributed by atoms with Gasteiger partial charge in [-0.25, -0.2) is 4.79 Å². The van der Waals surface area contributed by atoms with Crippen molar-refractivity contribution in [1.82, 2.24) is 10.6 Å². The number of carboxylic acid groups (broad SMARTS) is 1. The fourth-order valence-corrected chi connectivity index (χ4v) is 2.16. The second-order valence-corrected chi connectivity index (χ2v) is 5.50. The Hall–Kier alpha value is -1.14. The van der Waals surface area contributed by atoms with Gasteiger partial charge in [-0.05, 0) is 25.8 Å². The van der Waals surface area contributed by atoms with Crippen molar-refractivity contribution in [2.75, 3.05) is 19.6 Å². The topological polar surface area (TPSA) is 98.7 Å². The molecule has 1 heterocycles. The number of hydrogen-bond donors (Lipinski definition) is 4. The molecule has 1 saturated heterocycles. The number of aliphatic hydroxyl groups is 1. The fraction of sp³-hybridized carbons (Fsp3) is 0.833. The summed E-state index contributed by atoms with van der Waals surface area (Å²) in [5, 5.41) is 24.1. The van der Waals surface area contributed by atoms with Gasteiger partial charge in [0.1, 0.15) is 0 Å². The number of rotatable bonds is 5. The van der Waals surface area contributed by atoms with E-state index >= 15 is 0 Å². The molecular formula is C12H22N2O4. The summed E-state index contributed by atoms with van der Waals surface area (Å²) in [5.74, 6) is -1.38. The Balaban J connectivity index is 2.67. The zero-order valence-corrected chi connectivity index (χ0v) is 11.1. The summed E-state index contributed by atoms with van der Waals surface area (Å²) >= 11 is 0. The maximum absolute atomic E-state index is 12.2. The van der Waals surface area contributed by atoms with Gasteiger partial charge in [0.2, 0.25) is 5.91 Å². The minimum atomic E-state index is -1.93. The van der Waals surface area contributed by atoms with Gasteiger partial charge in [-0.2, -0.15) is 0 Å². The number of amides is 1. The van der Waals surface area contributed by atoms with E-state index in [2.05, 4.69) is 10.6 Å². The molecule has 6 nitrogen and oxygen atoms in total. The monoisotopic (exact) mass is 258 g/mol. The number of aliphatic carboxylic acids is 1. The Bertz CT molecular complexity index is 333. The van der Waals surface area contributed by atoms with Gasteiger partial charge in [0, 0.05) is 6.54 Å². The zero-order chi connectivity index (χ0) is 14.0. The van der Waals surface area contributed by atoms with E-state index in [4.69, 9.17) is 5.11 Å². The van der Waals surface area contributed by atoms with Crippen LogP contribution in [0, 0.1) is 11.3 Å². The molecule has 0 aromatic heterocycles. The molecule has 1 aliphatic rings. The average molecular weight is 258 g/mol. The van der Waals surface area contributed by atoms with Gasteiger partial charge in [0.05, 0.1) is 12.0 Å². The van der Waals surface area contributed by atoms with Gasteiger partial charge in [-0.1, -0.05) is 13.8 Å². The molecule has 0 radical (unpaired) electrons. The summed E-state index contributed by atoms with van der Waals surface area (Å²) in [4.78, 5) is 23.0. The molecule has 1 fully saturated rings. The summed E-state index contributed by atoms with van der Waals surface area (Å²) in [6.07, 6.45) is 0.728. The van der Waals surface area contributed by atoms with E-state index in [-0.39, 0.29) is 18.4 Å². The Labute approximate surface area is 107 Å². The molecule has 0 bridgehead atoms. The summed E-state index contributed by atoms with van der Waals surface area (Å²) in [5.41, 5.74) is -2.44. The van der Waals surface area contributed by atoms with Crippen LogP contribution in [0.2, 0.25) is 0 Å². The van der Waals surface area contributed by atoms with Crippen LogP contribution in [0.1, 0.15) is 27.2 Å². The SMILES string of the molecule is CC(C)C1(C(=O)NCC(C)(O)C(=O)O)CCNC1. The minimum Gasteiger partial charge on any atom is -0.479 e. The maximum Gasteiger partial charge on any atom is 0.337 e. The molecular weight excluding hydrogens is 236 g/mol. The Morgan fingerprint density at radius 1 is 1.50 bits per heavy atom. The van der Waals surface area contributed by atoms with Gasteiger partial charge in [-0.15, -0.1) is 0 Å². The summed E-state index contributed by atoms with van der Waals surface area (Å²) in [6.45, 7) is 6.21. The lowest BCUT2D eigenvalue weighted by molar-refractivity contribution is -0.156. The van der Waals surface area contributed by atoms with Gasteiger partial charge in [0.15, 0.2) is 5.60 Å². The summed E-state index contributed by atoms with van der Waals surface area (Å²) in [7, 11) is 0. The van der Waals surface area contributed by atoms with Gasteiger partial charge >= 0.3 is 5.97 Å². The van der Waals surface area contributed by atoms with E-state index in [1.54, 1.807) is 0 Å². The van der Waals surface area contributed by atoms with Crippen molar-refractivity contribution in [1.29, 1.82) is 0 Å². The molecule has 0 aromatic rings. The highest BCUT2D eigenvalue weighted by molar-refractivity contribution is 5.85. The quantitative estimate of drug-likeness (QED) is 0.536. The van der Waals surface area contributed by atoms with E-state index in [1.807, 2.05) is 13.8 Å². The molecule has 6 heteroatoms. The first-order valence-electron chi connectivity index (χ1n) is 6.17. The van der Waals surface area contributed by atoms with Crippen molar-refractivity contribution >= 4 is 11.9 Å². The first-order chi connectivity index (χ1) is 8.22. The van der Waals surface area contributed by atoms with Crippen molar-refractivity contribution < 1.29 is 19.8 Å². The summed E-state index contributed by atoms with van der Waals surface area (Å²) in [6, 6.07) is 0. The van der Waals surface area contributed by atoms with E-state index in [9.17, 15) is 14.7 Å². The van der Waals surface area contributed by atoms with Gasteiger partial charge in [0.25, 0.3) is 0 Å². The van der Waals surface area contributed by atoms with Crippen molar-refractivity contribution in [3.63, 3.8) is 0 Å². The van der Waals surface area contributed by atoms with Crippen LogP contribution in [0.15, 0.2) is 0 Å². The highest BCUT2D eigenvalue weighted by Gasteiger charge is 2.44. The molecule has 0 aromatic carbocycles. The van der Waals surface area contributed by atoms with Crippen LogP contribution in [0.4, 0.5) is 0 Å². The number of hydrogen-bond acceptors (Lipinski definition) is 4. The molecule has 1 rings (SSSR count). The number of carboxylic acids is 1. The fourth-order valence-electron chi connectivity index (χ4n) is 2.16. The lowest BCUT2D eigenvalue weighted by Crippen LogP contribution is -2.52. The zero-order valence-electron chi connectivity index (χ0n) is 11.1. The molecule has 0 spiro atoms.